The molecule has 5 N–H and O–H groups in total. The lowest BCUT2D eigenvalue weighted by atomic mass is 10.0. The quantitative estimate of drug-likeness (QED) is 0.635. The van der Waals surface area contributed by atoms with Gasteiger partial charge < -0.3 is 16.0 Å². The van der Waals surface area contributed by atoms with Crippen LogP contribution < -0.4 is 11.1 Å². The van der Waals surface area contributed by atoms with Crippen molar-refractivity contribution in [2.75, 3.05) is 6.54 Å². The van der Waals surface area contributed by atoms with Gasteiger partial charge in [-0.15, -0.1) is 0 Å². The fourth-order valence-corrected chi connectivity index (χ4v) is 3.02. The highest BCUT2D eigenvalue weighted by atomic mass is 16.2. The Balaban J connectivity index is 1.74. The van der Waals surface area contributed by atoms with E-state index in [0.29, 0.717) is 6.42 Å². The second-order valence-electron chi connectivity index (χ2n) is 6.18. The van der Waals surface area contributed by atoms with Crippen LogP contribution >= 0.6 is 0 Å². The summed E-state index contributed by atoms with van der Waals surface area (Å²) in [5.41, 5.74) is 5.47. The number of amides is 3. The Morgan fingerprint density at radius 1 is 1.38 bits per heavy atom. The molecule has 0 bridgehead atoms. The molecule has 0 aliphatic carbocycles. The summed E-state index contributed by atoms with van der Waals surface area (Å²) in [6, 6.07) is 8.05. The number of imide groups is 1. The second-order valence-corrected chi connectivity index (χ2v) is 6.18. The Labute approximate surface area is 149 Å². The summed E-state index contributed by atoms with van der Waals surface area (Å²) < 4.78 is 0. The number of nitrogens with one attached hydrogen (secondary N) is 2. The van der Waals surface area contributed by atoms with E-state index >= 15 is 0 Å². The van der Waals surface area contributed by atoms with Gasteiger partial charge >= 0.3 is 6.03 Å². The third-order valence-corrected chi connectivity index (χ3v) is 4.38. The van der Waals surface area contributed by atoms with E-state index < -0.39 is 36.2 Å². The number of rotatable bonds is 6. The van der Waals surface area contributed by atoms with Crippen molar-refractivity contribution in [3.8, 4) is 6.07 Å². The maximum absolute atomic E-state index is 12.6. The average Bonchev–Trinajstić information content (AvgIpc) is 3.12. The van der Waals surface area contributed by atoms with Gasteiger partial charge in [-0.3, -0.25) is 14.5 Å². The van der Waals surface area contributed by atoms with Gasteiger partial charge in [-0.2, -0.15) is 5.26 Å². The van der Waals surface area contributed by atoms with Crippen LogP contribution in [0, 0.1) is 17.2 Å². The van der Waals surface area contributed by atoms with Gasteiger partial charge in [-0.05, 0) is 18.2 Å². The number of hydrogen-bond donors (Lipinski definition) is 3. The van der Waals surface area contributed by atoms with Gasteiger partial charge in [-0.1, -0.05) is 18.2 Å². The number of nitriles is 1. The molecule has 26 heavy (non-hydrogen) atoms. The van der Waals surface area contributed by atoms with E-state index in [4.69, 9.17) is 5.26 Å². The third-order valence-electron chi connectivity index (χ3n) is 4.38. The number of ketones is 1. The number of para-hydroxylation sites is 1. The van der Waals surface area contributed by atoms with Gasteiger partial charge in [0.05, 0.1) is 12.6 Å². The summed E-state index contributed by atoms with van der Waals surface area (Å²) >= 11 is 0. The Morgan fingerprint density at radius 2 is 2.12 bits per heavy atom. The molecular formula is C18H18N5O3+. The highest BCUT2D eigenvalue weighted by Gasteiger charge is 2.40. The zero-order chi connectivity index (χ0) is 18.8. The van der Waals surface area contributed by atoms with Crippen LogP contribution in [0.3, 0.4) is 0 Å². The van der Waals surface area contributed by atoms with Crippen molar-refractivity contribution >= 4 is 28.6 Å². The number of allylic oxidation sites excluding steroid dienone is 1. The van der Waals surface area contributed by atoms with Crippen molar-refractivity contribution in [2.45, 2.75) is 12.5 Å². The molecule has 0 unspecified atom stereocenters. The van der Waals surface area contributed by atoms with Crippen LogP contribution in [0.1, 0.15) is 5.56 Å². The van der Waals surface area contributed by atoms with E-state index in [-0.39, 0.29) is 5.70 Å². The monoisotopic (exact) mass is 352 g/mol. The lowest BCUT2D eigenvalue weighted by Crippen LogP contribution is -2.52. The van der Waals surface area contributed by atoms with Gasteiger partial charge in [0.1, 0.15) is 11.7 Å². The van der Waals surface area contributed by atoms with Gasteiger partial charge in [-0.25, -0.2) is 4.79 Å². The molecule has 1 aliphatic rings. The number of carbonyl (C=O) groups is 3. The molecule has 1 saturated heterocycles. The number of nitrogens with zero attached hydrogens (tertiary/aromatic N) is 2. The molecule has 1 fully saturated rings. The van der Waals surface area contributed by atoms with Crippen LogP contribution in [-0.4, -0.2) is 40.2 Å². The molecule has 0 spiro atoms. The van der Waals surface area contributed by atoms with E-state index in [2.05, 4.69) is 22.6 Å². The SMILES string of the molecule is C=C([NH3+])[C@H](C#N)C(=O)CN1C(=O)N[C@H](Cc2c[nH]c3ccccc23)C1=O. The number of H-pyrrole nitrogens is 1. The maximum atomic E-state index is 12.6. The van der Waals surface area contributed by atoms with Crippen molar-refractivity contribution in [2.24, 2.45) is 5.92 Å². The van der Waals surface area contributed by atoms with Crippen molar-refractivity contribution in [3.63, 3.8) is 0 Å². The van der Waals surface area contributed by atoms with Gasteiger partial charge in [0.25, 0.3) is 5.91 Å². The summed E-state index contributed by atoms with van der Waals surface area (Å²) in [5.74, 6) is -2.20. The molecule has 8 nitrogen and oxygen atoms in total. The molecular weight excluding hydrogens is 334 g/mol. The first-order valence-electron chi connectivity index (χ1n) is 8.02. The topological polar surface area (TPSA) is 134 Å². The molecule has 2 aromatic rings. The van der Waals surface area contributed by atoms with Gasteiger partial charge in [0.15, 0.2) is 11.7 Å². The zero-order valence-corrected chi connectivity index (χ0v) is 14.0. The summed E-state index contributed by atoms with van der Waals surface area (Å²) in [5, 5.41) is 12.6. The van der Waals surface area contributed by atoms with Crippen LogP contribution in [0.4, 0.5) is 4.79 Å². The molecule has 3 rings (SSSR count). The van der Waals surface area contributed by atoms with E-state index in [1.165, 1.54) is 0 Å². The number of quaternary nitrogens is 1. The first-order chi connectivity index (χ1) is 12.4. The number of aromatic nitrogens is 1. The molecule has 0 saturated carbocycles. The minimum Gasteiger partial charge on any atom is -0.361 e. The largest absolute Gasteiger partial charge is 0.361 e. The second kappa shape index (κ2) is 6.82. The van der Waals surface area contributed by atoms with E-state index in [0.717, 1.165) is 21.4 Å². The molecule has 1 aromatic carbocycles. The minimum atomic E-state index is -1.14. The fraction of sp³-hybridized carbons (Fsp3) is 0.222. The Morgan fingerprint density at radius 3 is 2.81 bits per heavy atom. The zero-order valence-electron chi connectivity index (χ0n) is 14.0. The summed E-state index contributed by atoms with van der Waals surface area (Å²) in [7, 11) is 0. The number of hydrogen-bond acceptors (Lipinski definition) is 4. The van der Waals surface area contributed by atoms with Crippen LogP contribution in [-0.2, 0) is 16.0 Å². The molecule has 2 heterocycles. The van der Waals surface area contributed by atoms with Gasteiger partial charge in [0.2, 0.25) is 0 Å². The lowest BCUT2D eigenvalue weighted by Gasteiger charge is -2.13. The maximum Gasteiger partial charge on any atom is 0.325 e. The lowest BCUT2D eigenvalue weighted by molar-refractivity contribution is -0.309. The molecule has 0 radical (unpaired) electrons. The fourth-order valence-electron chi connectivity index (χ4n) is 3.02. The summed E-state index contributed by atoms with van der Waals surface area (Å²) in [6.07, 6.45) is 2.11. The Kier molecular flexibility index (Phi) is 4.56. The number of Topliss-reactive ketones (excluding diaryl/α,β-unsaturated/α-hetero) is 1. The van der Waals surface area contributed by atoms with Crippen LogP contribution in [0.25, 0.3) is 10.9 Å². The van der Waals surface area contributed by atoms with Crippen LogP contribution in [0.15, 0.2) is 42.7 Å². The number of fused-ring (bicyclic) bond motifs is 1. The molecule has 1 aromatic heterocycles. The van der Waals surface area contributed by atoms with Crippen molar-refractivity contribution < 1.29 is 20.1 Å². The predicted molar refractivity (Wildman–Crippen MR) is 92.2 cm³/mol. The first-order valence-corrected chi connectivity index (χ1v) is 8.02. The van der Waals surface area contributed by atoms with Crippen molar-refractivity contribution in [3.05, 3.63) is 48.3 Å². The minimum absolute atomic E-state index is 0.139. The number of benzene rings is 1. The number of aromatic amines is 1. The molecule has 1 aliphatic heterocycles. The molecule has 2 atom stereocenters. The molecule has 8 heteroatoms. The third kappa shape index (κ3) is 3.08. The number of carbonyl (C=O) groups excluding carboxylic acids is 3. The smallest absolute Gasteiger partial charge is 0.325 e. The highest BCUT2D eigenvalue weighted by Crippen LogP contribution is 2.21. The van der Waals surface area contributed by atoms with Crippen LogP contribution in [0.2, 0.25) is 0 Å². The first kappa shape index (κ1) is 17.4. The standard InChI is InChI=1S/C18H17N5O3/c1-10(20)13(7-19)16(24)9-23-17(25)15(22-18(23)26)6-11-8-21-14-5-3-2-4-12(11)14/h2-5,8,13,15,21H,1,6,9,20H2,(H,22,26)/p+1/t13-,15+/m0/s1. The van der Waals surface area contributed by atoms with Crippen LogP contribution in [0.5, 0.6) is 0 Å². The van der Waals surface area contributed by atoms with E-state index in [1.54, 1.807) is 12.3 Å². The normalized spacial score (nSPS) is 17.8. The predicted octanol–water partition coefficient (Wildman–Crippen LogP) is 0.0953. The van der Waals surface area contributed by atoms with E-state index in [1.807, 2.05) is 24.3 Å². The van der Waals surface area contributed by atoms with Crippen molar-refractivity contribution in [1.82, 2.24) is 15.2 Å². The Bertz CT molecular complexity index is 955. The average molecular weight is 352 g/mol. The highest BCUT2D eigenvalue weighted by molar-refractivity contribution is 6.07. The summed E-state index contributed by atoms with van der Waals surface area (Å²) in [4.78, 5) is 40.8. The number of urea groups is 1. The molecule has 132 valence electrons. The Hall–Kier alpha value is -3.44. The summed E-state index contributed by atoms with van der Waals surface area (Å²) in [6.45, 7) is 3.02. The van der Waals surface area contributed by atoms with Crippen molar-refractivity contribution in [1.29, 1.82) is 5.26 Å². The van der Waals surface area contributed by atoms with E-state index in [9.17, 15) is 14.4 Å². The molecule has 3 amide bonds. The van der Waals surface area contributed by atoms with Gasteiger partial charge in [0, 0.05) is 23.5 Å².